The molecule has 0 unspecified atom stereocenters. The Bertz CT molecular complexity index is 567. The van der Waals surface area contributed by atoms with Crippen molar-refractivity contribution in [3.63, 3.8) is 0 Å². The van der Waals surface area contributed by atoms with Gasteiger partial charge in [-0.2, -0.15) is 13.2 Å². The maximum atomic E-state index is 12.5. The number of hydrogen-bond acceptors (Lipinski definition) is 2. The Balaban J connectivity index is 2.08. The largest absolute Gasteiger partial charge is 0.487 e. The van der Waals surface area contributed by atoms with E-state index in [9.17, 15) is 13.2 Å². The zero-order chi connectivity index (χ0) is 13.9. The first-order chi connectivity index (χ1) is 8.95. The summed E-state index contributed by atoms with van der Waals surface area (Å²) in [5.74, 6) is 0.485. The normalized spacial score (nSPS) is 11.4. The first-order valence-electron chi connectivity index (χ1n) is 5.60. The molecule has 1 aromatic carbocycles. The smallest absolute Gasteiger partial charge is 0.433 e. The average Bonchev–Trinajstić information content (AvgIpc) is 2.36. The summed E-state index contributed by atoms with van der Waals surface area (Å²) in [5, 5.41) is 0. The Hall–Kier alpha value is -2.04. The molecule has 0 saturated heterocycles. The molecule has 0 saturated carbocycles. The number of aryl methyl sites for hydroxylation is 1. The third-order valence-corrected chi connectivity index (χ3v) is 2.39. The summed E-state index contributed by atoms with van der Waals surface area (Å²) >= 11 is 0. The van der Waals surface area contributed by atoms with Crippen LogP contribution in [-0.4, -0.2) is 4.98 Å². The van der Waals surface area contributed by atoms with Gasteiger partial charge in [-0.25, -0.2) is 4.98 Å². The Morgan fingerprint density at radius 2 is 1.89 bits per heavy atom. The first kappa shape index (κ1) is 13.4. The lowest BCUT2D eigenvalue weighted by molar-refractivity contribution is -0.141. The van der Waals surface area contributed by atoms with Crippen LogP contribution in [0.2, 0.25) is 0 Å². The quantitative estimate of drug-likeness (QED) is 0.843. The van der Waals surface area contributed by atoms with E-state index in [1.807, 2.05) is 13.0 Å². The highest BCUT2D eigenvalue weighted by Gasteiger charge is 2.32. The fraction of sp³-hybridized carbons (Fsp3) is 0.214. The summed E-state index contributed by atoms with van der Waals surface area (Å²) in [7, 11) is 0. The van der Waals surface area contributed by atoms with E-state index in [0.29, 0.717) is 5.75 Å². The number of hydrogen-bond donors (Lipinski definition) is 0. The molecule has 5 heteroatoms. The van der Waals surface area contributed by atoms with Gasteiger partial charge in [-0.15, -0.1) is 0 Å². The Morgan fingerprint density at radius 1 is 1.16 bits per heavy atom. The van der Waals surface area contributed by atoms with E-state index in [1.165, 1.54) is 12.1 Å². The molecular formula is C14H11F3NO. The van der Waals surface area contributed by atoms with Crippen molar-refractivity contribution in [2.75, 3.05) is 0 Å². The number of pyridine rings is 1. The average molecular weight is 266 g/mol. The molecule has 0 amide bonds. The number of aromatic nitrogens is 1. The molecule has 0 aliphatic carbocycles. The summed E-state index contributed by atoms with van der Waals surface area (Å²) in [6.45, 7) is 1.83. The second kappa shape index (κ2) is 5.30. The van der Waals surface area contributed by atoms with Gasteiger partial charge in [0.1, 0.15) is 18.1 Å². The molecule has 0 atom stereocenters. The minimum absolute atomic E-state index is 0.0239. The number of nitrogens with zero attached hydrogens (tertiary/aromatic N) is 1. The van der Waals surface area contributed by atoms with Crippen molar-refractivity contribution in [2.24, 2.45) is 0 Å². The van der Waals surface area contributed by atoms with Crippen molar-refractivity contribution >= 4 is 0 Å². The molecule has 0 spiro atoms. The molecule has 0 bridgehead atoms. The van der Waals surface area contributed by atoms with Crippen molar-refractivity contribution in [1.29, 1.82) is 0 Å². The van der Waals surface area contributed by atoms with Crippen molar-refractivity contribution in [1.82, 2.24) is 4.98 Å². The van der Waals surface area contributed by atoms with E-state index in [4.69, 9.17) is 4.74 Å². The van der Waals surface area contributed by atoms with Gasteiger partial charge in [0.25, 0.3) is 0 Å². The van der Waals surface area contributed by atoms with Crippen molar-refractivity contribution in [3.05, 3.63) is 59.4 Å². The monoisotopic (exact) mass is 266 g/mol. The lowest BCUT2D eigenvalue weighted by atomic mass is 10.2. The van der Waals surface area contributed by atoms with E-state index in [2.05, 4.69) is 11.1 Å². The molecule has 0 fully saturated rings. The van der Waals surface area contributed by atoms with Crippen LogP contribution in [0.4, 0.5) is 13.2 Å². The lowest BCUT2D eigenvalue weighted by Crippen LogP contribution is -2.10. The van der Waals surface area contributed by atoms with Gasteiger partial charge >= 0.3 is 6.18 Å². The van der Waals surface area contributed by atoms with Gasteiger partial charge in [0.2, 0.25) is 0 Å². The second-order valence-electron chi connectivity index (χ2n) is 4.00. The Labute approximate surface area is 108 Å². The van der Waals surface area contributed by atoms with Crippen LogP contribution in [0.15, 0.2) is 36.4 Å². The number of alkyl halides is 3. The van der Waals surface area contributed by atoms with Gasteiger partial charge in [-0.1, -0.05) is 18.2 Å². The zero-order valence-corrected chi connectivity index (χ0v) is 10.2. The van der Waals surface area contributed by atoms with E-state index >= 15 is 0 Å². The van der Waals surface area contributed by atoms with Crippen LogP contribution < -0.4 is 4.74 Å². The third kappa shape index (κ3) is 3.71. The van der Waals surface area contributed by atoms with Gasteiger partial charge in [-0.05, 0) is 30.7 Å². The van der Waals surface area contributed by atoms with E-state index in [-0.39, 0.29) is 12.3 Å². The van der Waals surface area contributed by atoms with E-state index in [0.717, 1.165) is 11.6 Å². The second-order valence-corrected chi connectivity index (χ2v) is 4.00. The molecule has 2 rings (SSSR count). The molecule has 1 heterocycles. The first-order valence-corrected chi connectivity index (χ1v) is 5.60. The molecule has 0 aliphatic rings. The topological polar surface area (TPSA) is 22.1 Å². The molecule has 0 N–H and O–H groups in total. The lowest BCUT2D eigenvalue weighted by Gasteiger charge is -2.09. The highest BCUT2D eigenvalue weighted by Crippen LogP contribution is 2.27. The van der Waals surface area contributed by atoms with Gasteiger partial charge in [0.15, 0.2) is 0 Å². The van der Waals surface area contributed by atoms with Gasteiger partial charge < -0.3 is 4.74 Å². The third-order valence-electron chi connectivity index (χ3n) is 2.39. The van der Waals surface area contributed by atoms with Crippen LogP contribution in [0.25, 0.3) is 0 Å². The molecule has 1 aromatic heterocycles. The Kier molecular flexibility index (Phi) is 3.74. The van der Waals surface area contributed by atoms with Crippen molar-refractivity contribution < 1.29 is 17.9 Å². The van der Waals surface area contributed by atoms with Crippen molar-refractivity contribution in [3.8, 4) is 5.75 Å². The standard InChI is InChI=1S/C14H11F3NO/c1-10-4-2-6-12(8-10)19-9-11-5-3-7-13(18-11)14(15,16)17/h2-7H,9H2,1H3. The highest BCUT2D eigenvalue weighted by molar-refractivity contribution is 5.26. The molecule has 19 heavy (non-hydrogen) atoms. The highest BCUT2D eigenvalue weighted by atomic mass is 19.4. The minimum Gasteiger partial charge on any atom is -0.487 e. The maximum absolute atomic E-state index is 12.5. The van der Waals surface area contributed by atoms with Gasteiger partial charge in [0, 0.05) is 6.07 Å². The van der Waals surface area contributed by atoms with Gasteiger partial charge in [0.05, 0.1) is 5.69 Å². The summed E-state index contributed by atoms with van der Waals surface area (Å²) in [6, 6.07) is 12.0. The number of ether oxygens (including phenoxy) is 1. The molecule has 2 nitrogen and oxygen atoms in total. The van der Waals surface area contributed by atoms with Crippen LogP contribution in [0, 0.1) is 13.0 Å². The maximum Gasteiger partial charge on any atom is 0.433 e. The van der Waals surface area contributed by atoms with Gasteiger partial charge in [-0.3, -0.25) is 0 Å². The van der Waals surface area contributed by atoms with Crippen LogP contribution in [0.1, 0.15) is 17.0 Å². The van der Waals surface area contributed by atoms with E-state index in [1.54, 1.807) is 12.1 Å². The predicted molar refractivity (Wildman–Crippen MR) is 63.6 cm³/mol. The molecular weight excluding hydrogens is 255 g/mol. The van der Waals surface area contributed by atoms with Crippen LogP contribution >= 0.6 is 0 Å². The molecule has 1 radical (unpaired) electrons. The summed E-state index contributed by atoms with van der Waals surface area (Å²) in [4.78, 5) is 3.52. The van der Waals surface area contributed by atoms with Crippen LogP contribution in [0.3, 0.4) is 0 Å². The Morgan fingerprint density at radius 3 is 2.58 bits per heavy atom. The minimum atomic E-state index is -4.44. The number of benzene rings is 1. The summed E-state index contributed by atoms with van der Waals surface area (Å²) in [6.07, 6.45) is -4.44. The van der Waals surface area contributed by atoms with Crippen LogP contribution in [-0.2, 0) is 12.8 Å². The predicted octanol–water partition coefficient (Wildman–Crippen LogP) is 3.79. The fourth-order valence-corrected chi connectivity index (χ4v) is 1.51. The summed E-state index contributed by atoms with van der Waals surface area (Å²) in [5.41, 5.74) is 0.209. The van der Waals surface area contributed by atoms with Crippen molar-refractivity contribution in [2.45, 2.75) is 19.7 Å². The zero-order valence-electron chi connectivity index (χ0n) is 10.2. The molecule has 99 valence electrons. The van der Waals surface area contributed by atoms with Crippen LogP contribution in [0.5, 0.6) is 5.75 Å². The fourth-order valence-electron chi connectivity index (χ4n) is 1.51. The van der Waals surface area contributed by atoms with E-state index < -0.39 is 11.9 Å². The molecule has 2 aromatic rings. The molecule has 0 aliphatic heterocycles. The SMILES string of the molecule is Cc1[c]c(OCc2cccc(C(F)(F)F)n2)ccc1. The number of rotatable bonds is 3. The number of halogens is 3. The summed E-state index contributed by atoms with van der Waals surface area (Å²) < 4.78 is 42.8.